The number of halogens is 2. The van der Waals surface area contributed by atoms with Crippen molar-refractivity contribution in [2.75, 3.05) is 17.7 Å². The highest BCUT2D eigenvalue weighted by Crippen LogP contribution is 2.23. The van der Waals surface area contributed by atoms with Crippen LogP contribution in [0.1, 0.15) is 19.4 Å². The van der Waals surface area contributed by atoms with Gasteiger partial charge < -0.3 is 15.8 Å². The fourth-order valence-corrected chi connectivity index (χ4v) is 2.07. The summed E-state index contributed by atoms with van der Waals surface area (Å²) in [6.45, 7) is 5.17. The molecule has 2 rings (SSSR count). The van der Waals surface area contributed by atoms with Gasteiger partial charge in [0.05, 0.1) is 6.61 Å². The Morgan fingerprint density at radius 3 is 2.68 bits per heavy atom. The third-order valence-corrected chi connectivity index (χ3v) is 3.07. The number of ether oxygens (including phenoxy) is 1. The second kappa shape index (κ2) is 7.47. The van der Waals surface area contributed by atoms with Gasteiger partial charge in [0.15, 0.2) is 0 Å². The normalized spacial score (nSPS) is 10.8. The minimum atomic E-state index is 0.114. The second-order valence-electron chi connectivity index (χ2n) is 5.12. The van der Waals surface area contributed by atoms with Gasteiger partial charge in [0.1, 0.15) is 16.0 Å². The molecule has 2 aromatic heterocycles. The fourth-order valence-electron chi connectivity index (χ4n) is 1.63. The number of pyridine rings is 1. The predicted octanol–water partition coefficient (Wildman–Crippen LogP) is 3.41. The molecule has 22 heavy (non-hydrogen) atoms. The Labute approximate surface area is 139 Å². The first-order valence-corrected chi connectivity index (χ1v) is 7.51. The summed E-state index contributed by atoms with van der Waals surface area (Å²) in [5.41, 5.74) is 6.42. The van der Waals surface area contributed by atoms with Crippen LogP contribution in [0.3, 0.4) is 0 Å². The fraction of sp³-hybridized carbons (Fsp3) is 0.357. The van der Waals surface area contributed by atoms with E-state index in [1.807, 2.05) is 0 Å². The molecule has 0 fully saturated rings. The maximum absolute atomic E-state index is 6.16. The standard InChI is InChI=1S/C14H17Cl2N5O/c1-8(2)7-22-13-10(15)3-9(6-19-13)5-18-12-4-11(16)20-14(17)21-12/h3-4,6,8H,5,7H2,1-2H3,(H3,17,18,20,21). The summed E-state index contributed by atoms with van der Waals surface area (Å²) in [4.78, 5) is 12.0. The molecule has 0 saturated heterocycles. The van der Waals surface area contributed by atoms with E-state index in [0.717, 1.165) is 5.56 Å². The molecule has 0 bridgehead atoms. The van der Waals surface area contributed by atoms with Crippen LogP contribution < -0.4 is 15.8 Å². The molecule has 118 valence electrons. The molecule has 0 atom stereocenters. The topological polar surface area (TPSA) is 86.0 Å². The van der Waals surface area contributed by atoms with Gasteiger partial charge in [0, 0.05) is 18.8 Å². The number of nitrogens with zero attached hydrogens (tertiary/aromatic N) is 3. The minimum absolute atomic E-state index is 0.114. The van der Waals surface area contributed by atoms with Crippen LogP contribution in [-0.4, -0.2) is 21.6 Å². The number of anilines is 2. The van der Waals surface area contributed by atoms with Crippen LogP contribution in [0.4, 0.5) is 11.8 Å². The second-order valence-corrected chi connectivity index (χ2v) is 5.92. The van der Waals surface area contributed by atoms with Crippen LogP contribution in [0.25, 0.3) is 0 Å². The summed E-state index contributed by atoms with van der Waals surface area (Å²) >= 11 is 12.0. The SMILES string of the molecule is CC(C)COc1ncc(CNc2cc(Cl)nc(N)n2)cc1Cl. The molecule has 2 heterocycles. The average Bonchev–Trinajstić information content (AvgIpc) is 2.43. The van der Waals surface area contributed by atoms with Crippen molar-refractivity contribution in [3.63, 3.8) is 0 Å². The van der Waals surface area contributed by atoms with Gasteiger partial charge in [0.2, 0.25) is 11.8 Å². The Morgan fingerprint density at radius 1 is 1.27 bits per heavy atom. The molecule has 0 aromatic carbocycles. The Balaban J connectivity index is 2.00. The third-order valence-electron chi connectivity index (χ3n) is 2.60. The van der Waals surface area contributed by atoms with Crippen LogP contribution in [0.5, 0.6) is 5.88 Å². The van der Waals surface area contributed by atoms with Gasteiger partial charge in [0.25, 0.3) is 0 Å². The summed E-state index contributed by atoms with van der Waals surface area (Å²) in [5, 5.41) is 3.84. The van der Waals surface area contributed by atoms with Gasteiger partial charge in [-0.25, -0.2) is 9.97 Å². The first-order chi connectivity index (χ1) is 10.4. The summed E-state index contributed by atoms with van der Waals surface area (Å²) in [6.07, 6.45) is 1.70. The predicted molar refractivity (Wildman–Crippen MR) is 88.4 cm³/mol. The molecule has 2 aromatic rings. The number of aromatic nitrogens is 3. The lowest BCUT2D eigenvalue weighted by Gasteiger charge is -2.11. The van der Waals surface area contributed by atoms with E-state index < -0.39 is 0 Å². The zero-order valence-corrected chi connectivity index (χ0v) is 13.8. The molecule has 0 aliphatic carbocycles. The molecule has 0 spiro atoms. The summed E-state index contributed by atoms with van der Waals surface area (Å²) in [5.74, 6) is 1.50. The lowest BCUT2D eigenvalue weighted by molar-refractivity contribution is 0.261. The quantitative estimate of drug-likeness (QED) is 0.783. The highest BCUT2D eigenvalue weighted by Gasteiger charge is 2.07. The van der Waals surface area contributed by atoms with Crippen molar-refractivity contribution in [2.24, 2.45) is 5.92 Å². The van der Waals surface area contributed by atoms with Crippen molar-refractivity contribution >= 4 is 35.0 Å². The first-order valence-electron chi connectivity index (χ1n) is 6.75. The summed E-state index contributed by atoms with van der Waals surface area (Å²) in [7, 11) is 0. The molecule has 0 aliphatic heterocycles. The minimum Gasteiger partial charge on any atom is -0.476 e. The molecule has 0 saturated carbocycles. The van der Waals surface area contributed by atoms with E-state index in [1.165, 1.54) is 0 Å². The lowest BCUT2D eigenvalue weighted by Crippen LogP contribution is -2.07. The van der Waals surface area contributed by atoms with Crippen LogP contribution in [0, 0.1) is 5.92 Å². The smallest absolute Gasteiger partial charge is 0.232 e. The largest absolute Gasteiger partial charge is 0.476 e. The maximum atomic E-state index is 6.16. The molecule has 0 unspecified atom stereocenters. The van der Waals surface area contributed by atoms with Crippen molar-refractivity contribution in [3.05, 3.63) is 34.1 Å². The van der Waals surface area contributed by atoms with E-state index in [-0.39, 0.29) is 11.1 Å². The summed E-state index contributed by atoms with van der Waals surface area (Å²) in [6, 6.07) is 3.39. The highest BCUT2D eigenvalue weighted by molar-refractivity contribution is 6.31. The van der Waals surface area contributed by atoms with Gasteiger partial charge in [-0.1, -0.05) is 37.0 Å². The van der Waals surface area contributed by atoms with Crippen molar-refractivity contribution < 1.29 is 4.74 Å². The third kappa shape index (κ3) is 4.89. The van der Waals surface area contributed by atoms with Crippen LogP contribution in [0.2, 0.25) is 10.2 Å². The molecule has 0 radical (unpaired) electrons. The van der Waals surface area contributed by atoms with Crippen LogP contribution in [-0.2, 0) is 6.54 Å². The Bertz CT molecular complexity index is 631. The van der Waals surface area contributed by atoms with Crippen LogP contribution in [0.15, 0.2) is 18.3 Å². The number of nitrogens with two attached hydrogens (primary N) is 1. The zero-order valence-electron chi connectivity index (χ0n) is 12.3. The molecular weight excluding hydrogens is 325 g/mol. The van der Waals surface area contributed by atoms with E-state index in [4.69, 9.17) is 33.7 Å². The van der Waals surface area contributed by atoms with E-state index in [2.05, 4.69) is 34.1 Å². The van der Waals surface area contributed by atoms with E-state index in [9.17, 15) is 0 Å². The maximum Gasteiger partial charge on any atom is 0.232 e. The van der Waals surface area contributed by atoms with Crippen molar-refractivity contribution in [1.82, 2.24) is 15.0 Å². The number of nitrogen functional groups attached to an aromatic ring is 1. The van der Waals surface area contributed by atoms with Crippen molar-refractivity contribution in [2.45, 2.75) is 20.4 Å². The monoisotopic (exact) mass is 341 g/mol. The van der Waals surface area contributed by atoms with Gasteiger partial charge in [-0.15, -0.1) is 0 Å². The average molecular weight is 342 g/mol. The number of hydrogen-bond donors (Lipinski definition) is 2. The first kappa shape index (κ1) is 16.6. The van der Waals surface area contributed by atoms with Gasteiger partial charge in [-0.05, 0) is 17.5 Å². The van der Waals surface area contributed by atoms with Gasteiger partial charge in [-0.2, -0.15) is 4.98 Å². The Kier molecular flexibility index (Phi) is 5.63. The van der Waals surface area contributed by atoms with Gasteiger partial charge >= 0.3 is 0 Å². The number of rotatable bonds is 6. The number of hydrogen-bond acceptors (Lipinski definition) is 6. The summed E-state index contributed by atoms with van der Waals surface area (Å²) < 4.78 is 5.53. The van der Waals surface area contributed by atoms with Gasteiger partial charge in [-0.3, -0.25) is 0 Å². The van der Waals surface area contributed by atoms with E-state index in [1.54, 1.807) is 18.3 Å². The van der Waals surface area contributed by atoms with Crippen molar-refractivity contribution in [3.8, 4) is 5.88 Å². The molecule has 0 amide bonds. The zero-order chi connectivity index (χ0) is 16.1. The van der Waals surface area contributed by atoms with E-state index in [0.29, 0.717) is 35.8 Å². The molecule has 6 nitrogen and oxygen atoms in total. The lowest BCUT2D eigenvalue weighted by atomic mass is 10.2. The van der Waals surface area contributed by atoms with Crippen LogP contribution >= 0.6 is 23.2 Å². The molecular formula is C14H17Cl2N5O. The van der Waals surface area contributed by atoms with Crippen molar-refractivity contribution in [1.29, 1.82) is 0 Å². The Morgan fingerprint density at radius 2 is 2.05 bits per heavy atom. The molecule has 8 heteroatoms. The van der Waals surface area contributed by atoms with E-state index >= 15 is 0 Å². The molecule has 3 N–H and O–H groups in total. The molecule has 0 aliphatic rings. The number of nitrogens with one attached hydrogen (secondary N) is 1. The Hall–Kier alpha value is -1.79. The highest BCUT2D eigenvalue weighted by atomic mass is 35.5.